The maximum absolute atomic E-state index is 12.9. The van der Waals surface area contributed by atoms with Crippen molar-refractivity contribution in [3.63, 3.8) is 0 Å². The summed E-state index contributed by atoms with van der Waals surface area (Å²) in [7, 11) is 0. The van der Waals surface area contributed by atoms with Crippen molar-refractivity contribution in [2.45, 2.75) is 37.6 Å². The van der Waals surface area contributed by atoms with Gasteiger partial charge in [-0.15, -0.1) is 0 Å². The highest BCUT2D eigenvalue weighted by molar-refractivity contribution is 6.30. The van der Waals surface area contributed by atoms with Crippen LogP contribution in [0, 0.1) is 0 Å². The fourth-order valence-electron chi connectivity index (χ4n) is 4.65. The largest absolute Gasteiger partial charge is 0.371 e. The number of hydrogen-bond acceptors (Lipinski definition) is 5. The predicted octanol–water partition coefficient (Wildman–Crippen LogP) is 2.30. The van der Waals surface area contributed by atoms with Gasteiger partial charge >= 0.3 is 0 Å². The molecule has 3 N–H and O–H groups in total. The van der Waals surface area contributed by atoms with E-state index in [1.807, 2.05) is 47.4 Å². The van der Waals surface area contributed by atoms with Crippen LogP contribution in [0.25, 0.3) is 0 Å². The van der Waals surface area contributed by atoms with Gasteiger partial charge in [-0.25, -0.2) is 0 Å². The quantitative estimate of drug-likeness (QED) is 0.669. The molecule has 3 atom stereocenters. The molecule has 2 aromatic carbocycles. The van der Waals surface area contributed by atoms with E-state index in [-0.39, 0.29) is 12.0 Å². The number of nitrogens with one attached hydrogen (secondary N) is 1. The third-order valence-corrected chi connectivity index (χ3v) is 6.73. The standard InChI is InChI=1S/C25H33ClN4O2/c26-21-8-6-19(7-9-21)16-22(27)25(31)30-14-12-29(13-15-30)23-10-11-28-17-24(23)32-18-20-4-2-1-3-5-20/h1-9,22-24,28H,10-18,27H2/t22-,23?,24?/m1/s1. The van der Waals surface area contributed by atoms with Crippen LogP contribution in [0.2, 0.25) is 5.02 Å². The zero-order valence-electron chi connectivity index (χ0n) is 18.5. The van der Waals surface area contributed by atoms with Crippen molar-refractivity contribution < 1.29 is 9.53 Å². The van der Waals surface area contributed by atoms with Gasteiger partial charge in [0, 0.05) is 43.8 Å². The second kappa shape index (κ2) is 11.3. The Morgan fingerprint density at radius 3 is 2.50 bits per heavy atom. The number of piperidine rings is 1. The smallest absolute Gasteiger partial charge is 0.239 e. The summed E-state index contributed by atoms with van der Waals surface area (Å²) in [4.78, 5) is 17.3. The SMILES string of the molecule is N[C@H](Cc1ccc(Cl)cc1)C(=O)N1CCN(C2CCNCC2OCc2ccccc2)CC1. The van der Waals surface area contributed by atoms with Crippen LogP contribution in [-0.4, -0.2) is 73.2 Å². The maximum Gasteiger partial charge on any atom is 0.239 e. The molecule has 6 nitrogen and oxygen atoms in total. The molecule has 7 heteroatoms. The molecule has 2 aromatic rings. The molecule has 2 saturated heterocycles. The number of nitrogens with two attached hydrogens (primary N) is 1. The summed E-state index contributed by atoms with van der Waals surface area (Å²) in [5, 5.41) is 4.16. The summed E-state index contributed by atoms with van der Waals surface area (Å²) in [6.07, 6.45) is 1.74. The summed E-state index contributed by atoms with van der Waals surface area (Å²) < 4.78 is 6.31. The van der Waals surface area contributed by atoms with Crippen LogP contribution in [0.5, 0.6) is 0 Å². The Morgan fingerprint density at radius 2 is 1.78 bits per heavy atom. The van der Waals surface area contributed by atoms with Gasteiger partial charge in [-0.2, -0.15) is 0 Å². The van der Waals surface area contributed by atoms with Crippen molar-refractivity contribution in [1.82, 2.24) is 15.1 Å². The van der Waals surface area contributed by atoms with Crippen LogP contribution in [-0.2, 0) is 22.6 Å². The number of nitrogens with zero attached hydrogens (tertiary/aromatic N) is 2. The van der Waals surface area contributed by atoms with Gasteiger partial charge in [0.25, 0.3) is 0 Å². The number of piperazine rings is 1. The van der Waals surface area contributed by atoms with E-state index in [2.05, 4.69) is 22.3 Å². The lowest BCUT2D eigenvalue weighted by Gasteiger charge is -2.44. The molecular formula is C25H33ClN4O2. The molecule has 2 aliphatic rings. The van der Waals surface area contributed by atoms with Gasteiger partial charge in [0.15, 0.2) is 0 Å². The molecule has 172 valence electrons. The van der Waals surface area contributed by atoms with Gasteiger partial charge in [-0.1, -0.05) is 54.1 Å². The second-order valence-corrected chi connectivity index (χ2v) is 9.13. The Bertz CT molecular complexity index is 856. The molecule has 0 radical (unpaired) electrons. The number of hydrogen-bond donors (Lipinski definition) is 2. The minimum atomic E-state index is -0.524. The number of carbonyl (C=O) groups is 1. The molecule has 4 rings (SSSR count). The molecule has 0 aliphatic carbocycles. The molecule has 2 unspecified atom stereocenters. The van der Waals surface area contributed by atoms with E-state index >= 15 is 0 Å². The first-order valence-corrected chi connectivity index (χ1v) is 11.9. The van der Waals surface area contributed by atoms with Crippen LogP contribution in [0.15, 0.2) is 54.6 Å². The first kappa shape index (κ1) is 23.2. The van der Waals surface area contributed by atoms with Gasteiger partial charge < -0.3 is 20.7 Å². The van der Waals surface area contributed by atoms with E-state index in [1.54, 1.807) is 0 Å². The minimum absolute atomic E-state index is 0.0294. The Kier molecular flexibility index (Phi) is 8.16. The molecule has 0 bridgehead atoms. The highest BCUT2D eigenvalue weighted by Gasteiger charge is 2.34. The van der Waals surface area contributed by atoms with E-state index in [4.69, 9.17) is 22.1 Å². The monoisotopic (exact) mass is 456 g/mol. The molecular weight excluding hydrogens is 424 g/mol. The Morgan fingerprint density at radius 1 is 1.06 bits per heavy atom. The second-order valence-electron chi connectivity index (χ2n) is 8.69. The average Bonchev–Trinajstić information content (AvgIpc) is 2.84. The van der Waals surface area contributed by atoms with Crippen molar-refractivity contribution in [1.29, 1.82) is 0 Å². The maximum atomic E-state index is 12.9. The zero-order valence-corrected chi connectivity index (χ0v) is 19.2. The van der Waals surface area contributed by atoms with E-state index < -0.39 is 6.04 Å². The van der Waals surface area contributed by atoms with Crippen molar-refractivity contribution >= 4 is 17.5 Å². The molecule has 2 fully saturated rings. The number of halogens is 1. The summed E-state index contributed by atoms with van der Waals surface area (Å²) in [5.74, 6) is 0.0294. The zero-order chi connectivity index (χ0) is 22.3. The van der Waals surface area contributed by atoms with Gasteiger partial charge in [0.2, 0.25) is 5.91 Å². The molecule has 2 heterocycles. The first-order chi connectivity index (χ1) is 15.6. The summed E-state index contributed by atoms with van der Waals surface area (Å²) in [6, 6.07) is 17.7. The molecule has 0 saturated carbocycles. The highest BCUT2D eigenvalue weighted by Crippen LogP contribution is 2.20. The van der Waals surface area contributed by atoms with Gasteiger partial charge in [0.05, 0.1) is 18.8 Å². The summed E-state index contributed by atoms with van der Waals surface area (Å²) in [5.41, 5.74) is 8.47. The Balaban J connectivity index is 1.27. The molecule has 2 aliphatic heterocycles. The van der Waals surface area contributed by atoms with Crippen LogP contribution in [0.1, 0.15) is 17.5 Å². The van der Waals surface area contributed by atoms with Crippen molar-refractivity contribution in [3.05, 3.63) is 70.7 Å². The van der Waals surface area contributed by atoms with Crippen LogP contribution in [0.4, 0.5) is 0 Å². The van der Waals surface area contributed by atoms with Crippen molar-refractivity contribution in [3.8, 4) is 0 Å². The van der Waals surface area contributed by atoms with E-state index in [9.17, 15) is 4.79 Å². The van der Waals surface area contributed by atoms with E-state index in [0.717, 1.165) is 38.2 Å². The fourth-order valence-corrected chi connectivity index (χ4v) is 4.78. The topological polar surface area (TPSA) is 70.8 Å². The number of ether oxygens (including phenoxy) is 1. The van der Waals surface area contributed by atoms with Crippen LogP contribution in [0.3, 0.4) is 0 Å². The normalized spacial score (nSPS) is 23.1. The van der Waals surface area contributed by atoms with Crippen molar-refractivity contribution in [2.75, 3.05) is 39.3 Å². The number of rotatable bonds is 7. The summed E-state index contributed by atoms with van der Waals surface area (Å²) in [6.45, 7) is 5.63. The number of carbonyl (C=O) groups excluding carboxylic acids is 1. The summed E-state index contributed by atoms with van der Waals surface area (Å²) >= 11 is 5.95. The third kappa shape index (κ3) is 6.09. The predicted molar refractivity (Wildman–Crippen MR) is 128 cm³/mol. The number of benzene rings is 2. The minimum Gasteiger partial charge on any atom is -0.371 e. The lowest BCUT2D eigenvalue weighted by atomic mass is 10.00. The molecule has 0 spiro atoms. The van der Waals surface area contributed by atoms with Gasteiger partial charge in [-0.3, -0.25) is 9.69 Å². The highest BCUT2D eigenvalue weighted by atomic mass is 35.5. The molecule has 1 amide bonds. The van der Waals surface area contributed by atoms with Crippen LogP contribution >= 0.6 is 11.6 Å². The van der Waals surface area contributed by atoms with E-state index in [0.29, 0.717) is 37.2 Å². The lowest BCUT2D eigenvalue weighted by Crippen LogP contribution is -2.60. The lowest BCUT2D eigenvalue weighted by molar-refractivity contribution is -0.135. The fraction of sp³-hybridized carbons (Fsp3) is 0.480. The molecule has 0 aromatic heterocycles. The third-order valence-electron chi connectivity index (χ3n) is 6.48. The van der Waals surface area contributed by atoms with E-state index in [1.165, 1.54) is 5.56 Å². The Hall–Kier alpha value is -1.96. The molecule has 32 heavy (non-hydrogen) atoms. The van der Waals surface area contributed by atoms with Crippen LogP contribution < -0.4 is 11.1 Å². The van der Waals surface area contributed by atoms with Gasteiger partial charge in [-0.05, 0) is 42.6 Å². The number of amides is 1. The van der Waals surface area contributed by atoms with Gasteiger partial charge in [0.1, 0.15) is 0 Å². The average molecular weight is 457 g/mol. The Labute approximate surface area is 195 Å². The van der Waals surface area contributed by atoms with Crippen molar-refractivity contribution in [2.24, 2.45) is 5.73 Å². The first-order valence-electron chi connectivity index (χ1n) is 11.5.